The van der Waals surface area contributed by atoms with Gasteiger partial charge >= 0.3 is 0 Å². The van der Waals surface area contributed by atoms with Gasteiger partial charge in [-0.25, -0.2) is 9.97 Å². The number of nitrogens with zero attached hydrogens (tertiary/aromatic N) is 3. The zero-order chi connectivity index (χ0) is 13.8. The van der Waals surface area contributed by atoms with Crippen LogP contribution in [-0.4, -0.2) is 27.7 Å². The molecule has 0 fully saturated rings. The van der Waals surface area contributed by atoms with Crippen LogP contribution in [0.4, 0.5) is 5.95 Å². The van der Waals surface area contributed by atoms with Crippen LogP contribution in [0.25, 0.3) is 11.2 Å². The van der Waals surface area contributed by atoms with Gasteiger partial charge in [-0.05, 0) is 34.3 Å². The predicted octanol–water partition coefficient (Wildman–Crippen LogP) is 2.84. The van der Waals surface area contributed by atoms with Gasteiger partial charge in [0.15, 0.2) is 5.65 Å². The molecule has 0 radical (unpaired) electrons. The van der Waals surface area contributed by atoms with Crippen molar-refractivity contribution in [2.24, 2.45) is 5.92 Å². The third-order valence-electron chi connectivity index (χ3n) is 2.88. The molecule has 0 saturated heterocycles. The van der Waals surface area contributed by atoms with E-state index < -0.39 is 0 Å². The molecule has 5 nitrogen and oxygen atoms in total. The average molecular weight is 327 g/mol. The van der Waals surface area contributed by atoms with E-state index in [1.807, 2.05) is 10.6 Å². The van der Waals surface area contributed by atoms with Gasteiger partial charge in [0.2, 0.25) is 5.95 Å². The minimum absolute atomic E-state index is 0.480. The number of ether oxygens (including phenoxy) is 1. The van der Waals surface area contributed by atoms with Crippen molar-refractivity contribution in [2.45, 2.75) is 26.8 Å². The van der Waals surface area contributed by atoms with Crippen molar-refractivity contribution < 1.29 is 4.74 Å². The SMILES string of the molecule is CC(C)CCOCCn1c(N)nc2cc(Br)cnc21. The minimum atomic E-state index is 0.480. The van der Waals surface area contributed by atoms with Crippen molar-refractivity contribution in [3.05, 3.63) is 16.7 Å². The maximum absolute atomic E-state index is 5.91. The Balaban J connectivity index is 1.98. The quantitative estimate of drug-likeness (QED) is 0.829. The van der Waals surface area contributed by atoms with E-state index >= 15 is 0 Å². The maximum Gasteiger partial charge on any atom is 0.202 e. The molecule has 2 aromatic rings. The van der Waals surface area contributed by atoms with Gasteiger partial charge in [0, 0.05) is 17.3 Å². The molecule has 6 heteroatoms. The molecule has 0 aromatic carbocycles. The largest absolute Gasteiger partial charge is 0.380 e. The second kappa shape index (κ2) is 6.34. The standard InChI is InChI=1S/C13H19BrN4O/c1-9(2)3-5-19-6-4-18-12-11(17-13(18)15)7-10(14)8-16-12/h7-9H,3-6H2,1-2H3,(H2,15,17). The Labute approximate surface area is 121 Å². The van der Waals surface area contributed by atoms with Crippen LogP contribution in [0.1, 0.15) is 20.3 Å². The first kappa shape index (κ1) is 14.3. The second-order valence-corrected chi connectivity index (χ2v) is 5.83. The molecule has 0 aliphatic heterocycles. The van der Waals surface area contributed by atoms with E-state index in [4.69, 9.17) is 10.5 Å². The van der Waals surface area contributed by atoms with Gasteiger partial charge in [0.25, 0.3) is 0 Å². The smallest absolute Gasteiger partial charge is 0.202 e. The molecule has 0 atom stereocenters. The molecule has 0 spiro atoms. The summed E-state index contributed by atoms with van der Waals surface area (Å²) >= 11 is 3.38. The zero-order valence-electron chi connectivity index (χ0n) is 11.3. The van der Waals surface area contributed by atoms with Crippen molar-refractivity contribution >= 4 is 33.0 Å². The first-order valence-electron chi connectivity index (χ1n) is 6.43. The van der Waals surface area contributed by atoms with E-state index in [1.54, 1.807) is 6.20 Å². The third kappa shape index (κ3) is 3.67. The average Bonchev–Trinajstić information content (AvgIpc) is 2.64. The van der Waals surface area contributed by atoms with E-state index in [0.29, 0.717) is 25.0 Å². The number of halogens is 1. The number of pyridine rings is 1. The summed E-state index contributed by atoms with van der Waals surface area (Å²) in [7, 11) is 0. The molecule has 2 aromatic heterocycles. The maximum atomic E-state index is 5.91. The summed E-state index contributed by atoms with van der Waals surface area (Å²) in [5, 5.41) is 0. The van der Waals surface area contributed by atoms with Gasteiger partial charge in [0.1, 0.15) is 5.52 Å². The Morgan fingerprint density at radius 2 is 2.21 bits per heavy atom. The number of hydrogen-bond acceptors (Lipinski definition) is 4. The highest BCUT2D eigenvalue weighted by molar-refractivity contribution is 9.10. The molecule has 0 unspecified atom stereocenters. The highest BCUT2D eigenvalue weighted by atomic mass is 79.9. The number of fused-ring (bicyclic) bond motifs is 1. The van der Waals surface area contributed by atoms with Gasteiger partial charge in [-0.1, -0.05) is 13.8 Å². The van der Waals surface area contributed by atoms with Crippen molar-refractivity contribution in [1.29, 1.82) is 0 Å². The van der Waals surface area contributed by atoms with Gasteiger partial charge in [-0.2, -0.15) is 0 Å². The lowest BCUT2D eigenvalue weighted by atomic mass is 10.1. The van der Waals surface area contributed by atoms with Gasteiger partial charge in [-0.3, -0.25) is 4.57 Å². The van der Waals surface area contributed by atoms with Crippen molar-refractivity contribution in [3.63, 3.8) is 0 Å². The van der Waals surface area contributed by atoms with Crippen molar-refractivity contribution in [2.75, 3.05) is 18.9 Å². The molecule has 0 aliphatic carbocycles. The highest BCUT2D eigenvalue weighted by Crippen LogP contribution is 2.19. The molecule has 0 aliphatic rings. The number of rotatable bonds is 6. The summed E-state index contributed by atoms with van der Waals surface area (Å²) in [5.74, 6) is 1.14. The Morgan fingerprint density at radius 1 is 1.42 bits per heavy atom. The fourth-order valence-corrected chi connectivity index (χ4v) is 2.12. The van der Waals surface area contributed by atoms with Crippen LogP contribution in [0.2, 0.25) is 0 Å². The van der Waals surface area contributed by atoms with Crippen LogP contribution >= 0.6 is 15.9 Å². The minimum Gasteiger partial charge on any atom is -0.380 e. The number of aromatic nitrogens is 3. The summed E-state index contributed by atoms with van der Waals surface area (Å²) in [6, 6.07) is 1.91. The third-order valence-corrected chi connectivity index (χ3v) is 3.31. The zero-order valence-corrected chi connectivity index (χ0v) is 12.9. The van der Waals surface area contributed by atoms with Crippen LogP contribution in [0, 0.1) is 5.92 Å². The summed E-state index contributed by atoms with van der Waals surface area (Å²) in [6.07, 6.45) is 2.82. The molecule has 19 heavy (non-hydrogen) atoms. The lowest BCUT2D eigenvalue weighted by Gasteiger charge is -2.08. The second-order valence-electron chi connectivity index (χ2n) is 4.91. The van der Waals surface area contributed by atoms with Crippen molar-refractivity contribution in [3.8, 4) is 0 Å². The Hall–Kier alpha value is -1.14. The fraction of sp³-hybridized carbons (Fsp3) is 0.538. The topological polar surface area (TPSA) is 66.0 Å². The van der Waals surface area contributed by atoms with Gasteiger partial charge in [-0.15, -0.1) is 0 Å². The van der Waals surface area contributed by atoms with Crippen molar-refractivity contribution in [1.82, 2.24) is 14.5 Å². The molecule has 2 heterocycles. The molecular formula is C13H19BrN4O. The predicted molar refractivity (Wildman–Crippen MR) is 79.9 cm³/mol. The molecule has 0 bridgehead atoms. The Bertz CT molecular complexity index is 553. The molecule has 0 amide bonds. The fourth-order valence-electron chi connectivity index (χ4n) is 1.80. The van der Waals surface area contributed by atoms with E-state index in [2.05, 4.69) is 39.7 Å². The summed E-state index contributed by atoms with van der Waals surface area (Å²) in [4.78, 5) is 8.64. The van der Waals surface area contributed by atoms with Crippen LogP contribution in [0.15, 0.2) is 16.7 Å². The van der Waals surface area contributed by atoms with E-state index in [9.17, 15) is 0 Å². The van der Waals surface area contributed by atoms with Crippen LogP contribution in [0.3, 0.4) is 0 Å². The van der Waals surface area contributed by atoms with Crippen LogP contribution in [0.5, 0.6) is 0 Å². The summed E-state index contributed by atoms with van der Waals surface area (Å²) in [6.45, 7) is 6.46. The Kier molecular flexibility index (Phi) is 4.76. The number of anilines is 1. The lowest BCUT2D eigenvalue weighted by Crippen LogP contribution is -2.10. The molecule has 2 N–H and O–H groups in total. The van der Waals surface area contributed by atoms with Crippen LogP contribution in [-0.2, 0) is 11.3 Å². The first-order valence-corrected chi connectivity index (χ1v) is 7.22. The summed E-state index contributed by atoms with van der Waals surface area (Å²) in [5.41, 5.74) is 7.51. The normalized spacial score (nSPS) is 11.6. The van der Waals surface area contributed by atoms with E-state index in [1.165, 1.54) is 0 Å². The van der Waals surface area contributed by atoms with E-state index in [0.717, 1.165) is 28.7 Å². The number of imidazole rings is 1. The monoisotopic (exact) mass is 326 g/mol. The summed E-state index contributed by atoms with van der Waals surface area (Å²) < 4.78 is 8.39. The van der Waals surface area contributed by atoms with Gasteiger partial charge < -0.3 is 10.5 Å². The lowest BCUT2D eigenvalue weighted by molar-refractivity contribution is 0.117. The Morgan fingerprint density at radius 3 is 2.95 bits per heavy atom. The number of nitrogens with two attached hydrogens (primary N) is 1. The van der Waals surface area contributed by atoms with Gasteiger partial charge in [0.05, 0.1) is 13.2 Å². The molecule has 104 valence electrons. The number of nitrogen functional groups attached to an aromatic ring is 1. The van der Waals surface area contributed by atoms with E-state index in [-0.39, 0.29) is 0 Å². The van der Waals surface area contributed by atoms with Crippen LogP contribution < -0.4 is 5.73 Å². The first-order chi connectivity index (χ1) is 9.08. The molecule has 0 saturated carbocycles. The highest BCUT2D eigenvalue weighted by Gasteiger charge is 2.09. The molecule has 2 rings (SSSR count). The molecular weight excluding hydrogens is 308 g/mol. The number of hydrogen-bond donors (Lipinski definition) is 1.